The fraction of sp³-hybridized carbons (Fsp3) is 0.0769. The van der Waals surface area contributed by atoms with Crippen LogP contribution in [0.2, 0.25) is 0 Å². The van der Waals surface area contributed by atoms with E-state index in [4.69, 9.17) is 9.47 Å². The highest BCUT2D eigenvalue weighted by Gasteiger charge is 1.98. The summed E-state index contributed by atoms with van der Waals surface area (Å²) in [7, 11) is 1.64. The Morgan fingerprint density at radius 3 is 2.25 bits per heavy atom. The summed E-state index contributed by atoms with van der Waals surface area (Å²) in [6.07, 6.45) is 0. The largest absolute Gasteiger partial charge is 0.497 e. The summed E-state index contributed by atoms with van der Waals surface area (Å²) < 4.78 is 12.0. The highest BCUT2D eigenvalue weighted by atomic mass is 127. The summed E-state index contributed by atoms with van der Waals surface area (Å²) in [4.78, 5) is 0. The molecule has 82 valence electrons. The van der Waals surface area contributed by atoms with Crippen molar-refractivity contribution in [2.24, 2.45) is 0 Å². The molecule has 0 aromatic heterocycles. The summed E-state index contributed by atoms with van der Waals surface area (Å²) in [6, 6.07) is 15.5. The van der Waals surface area contributed by atoms with Crippen LogP contribution in [0.1, 0.15) is 0 Å². The Hall–Kier alpha value is -1.23. The highest BCUT2D eigenvalue weighted by molar-refractivity contribution is 14.1. The molecule has 0 aliphatic heterocycles. The Balaban J connectivity index is 2.16. The lowest BCUT2D eigenvalue weighted by Gasteiger charge is -2.07. The average molecular weight is 326 g/mol. The summed E-state index contributed by atoms with van der Waals surface area (Å²) in [6.45, 7) is 0. The van der Waals surface area contributed by atoms with Crippen LogP contribution in [0.3, 0.4) is 0 Å². The lowest BCUT2D eigenvalue weighted by Crippen LogP contribution is -1.86. The smallest absolute Gasteiger partial charge is 0.131 e. The molecule has 0 aliphatic rings. The maximum Gasteiger partial charge on any atom is 0.131 e. The Morgan fingerprint density at radius 2 is 1.56 bits per heavy atom. The molecular weight excluding hydrogens is 315 g/mol. The Morgan fingerprint density at radius 1 is 0.875 bits per heavy atom. The molecule has 0 amide bonds. The van der Waals surface area contributed by atoms with Crippen molar-refractivity contribution >= 4 is 22.6 Å². The van der Waals surface area contributed by atoms with Crippen LogP contribution < -0.4 is 9.47 Å². The van der Waals surface area contributed by atoms with Crippen molar-refractivity contribution in [1.29, 1.82) is 0 Å². The molecule has 0 bridgehead atoms. The van der Waals surface area contributed by atoms with E-state index in [-0.39, 0.29) is 0 Å². The fourth-order valence-corrected chi connectivity index (χ4v) is 1.66. The Kier molecular flexibility index (Phi) is 3.66. The molecule has 2 rings (SSSR count). The van der Waals surface area contributed by atoms with E-state index in [1.807, 2.05) is 48.5 Å². The number of hydrogen-bond acceptors (Lipinski definition) is 2. The van der Waals surface area contributed by atoms with Crippen LogP contribution in [-0.2, 0) is 0 Å². The van der Waals surface area contributed by atoms with Gasteiger partial charge in [0, 0.05) is 9.64 Å². The molecule has 0 saturated carbocycles. The number of rotatable bonds is 3. The monoisotopic (exact) mass is 326 g/mol. The predicted octanol–water partition coefficient (Wildman–Crippen LogP) is 4.09. The van der Waals surface area contributed by atoms with Gasteiger partial charge >= 0.3 is 0 Å². The lowest BCUT2D eigenvalue weighted by atomic mass is 10.3. The van der Waals surface area contributed by atoms with E-state index in [1.54, 1.807) is 7.11 Å². The van der Waals surface area contributed by atoms with E-state index >= 15 is 0 Å². The van der Waals surface area contributed by atoms with Crippen molar-refractivity contribution in [3.05, 3.63) is 52.1 Å². The molecular formula is C13H11IO2. The van der Waals surface area contributed by atoms with E-state index in [1.165, 1.54) is 3.57 Å². The van der Waals surface area contributed by atoms with Crippen LogP contribution in [0.15, 0.2) is 48.5 Å². The lowest BCUT2D eigenvalue weighted by molar-refractivity contribution is 0.409. The minimum atomic E-state index is 0.778. The van der Waals surface area contributed by atoms with Crippen molar-refractivity contribution < 1.29 is 9.47 Å². The number of ether oxygens (including phenoxy) is 2. The van der Waals surface area contributed by atoms with E-state index in [2.05, 4.69) is 22.6 Å². The van der Waals surface area contributed by atoms with Crippen molar-refractivity contribution in [3.63, 3.8) is 0 Å². The third kappa shape index (κ3) is 2.88. The molecule has 0 aliphatic carbocycles. The molecule has 2 nitrogen and oxygen atoms in total. The fourth-order valence-electron chi connectivity index (χ4n) is 1.30. The van der Waals surface area contributed by atoms with Gasteiger partial charge in [0.05, 0.1) is 7.11 Å². The second-order valence-corrected chi connectivity index (χ2v) is 4.48. The van der Waals surface area contributed by atoms with Gasteiger partial charge < -0.3 is 9.47 Å². The maximum absolute atomic E-state index is 5.69. The first-order valence-electron chi connectivity index (χ1n) is 4.85. The molecule has 2 aromatic rings. The molecule has 16 heavy (non-hydrogen) atoms. The van der Waals surface area contributed by atoms with Crippen LogP contribution in [0, 0.1) is 3.57 Å². The number of methoxy groups -OCH3 is 1. The first-order valence-corrected chi connectivity index (χ1v) is 5.93. The first-order chi connectivity index (χ1) is 7.78. The third-order valence-corrected chi connectivity index (χ3v) is 2.81. The molecule has 0 unspecified atom stereocenters. The average Bonchev–Trinajstić information content (AvgIpc) is 2.32. The molecule has 0 spiro atoms. The topological polar surface area (TPSA) is 18.5 Å². The zero-order valence-corrected chi connectivity index (χ0v) is 11.0. The number of benzene rings is 2. The minimum Gasteiger partial charge on any atom is -0.497 e. The van der Waals surface area contributed by atoms with Gasteiger partial charge in [-0.25, -0.2) is 0 Å². The van der Waals surface area contributed by atoms with Gasteiger partial charge in [-0.2, -0.15) is 0 Å². The van der Waals surface area contributed by atoms with E-state index in [0.29, 0.717) is 0 Å². The summed E-state index contributed by atoms with van der Waals surface area (Å²) in [5.41, 5.74) is 0. The first kappa shape index (κ1) is 11.3. The van der Waals surface area contributed by atoms with Crippen LogP contribution in [0.5, 0.6) is 17.2 Å². The normalized spacial score (nSPS) is 9.88. The minimum absolute atomic E-state index is 0.778. The predicted molar refractivity (Wildman–Crippen MR) is 72.2 cm³/mol. The summed E-state index contributed by atoms with van der Waals surface area (Å²) >= 11 is 2.26. The van der Waals surface area contributed by atoms with Gasteiger partial charge in [0.2, 0.25) is 0 Å². The summed E-state index contributed by atoms with van der Waals surface area (Å²) in [5.74, 6) is 2.40. The Bertz CT molecular complexity index is 466. The van der Waals surface area contributed by atoms with E-state index < -0.39 is 0 Å². The maximum atomic E-state index is 5.69. The van der Waals surface area contributed by atoms with Gasteiger partial charge in [0.25, 0.3) is 0 Å². The molecule has 0 saturated heterocycles. The van der Waals surface area contributed by atoms with Crippen molar-refractivity contribution in [1.82, 2.24) is 0 Å². The molecule has 0 atom stereocenters. The molecule has 0 fully saturated rings. The SMILES string of the molecule is COc1cccc(Oc2ccc(I)cc2)c1. The zero-order chi connectivity index (χ0) is 11.4. The zero-order valence-electron chi connectivity index (χ0n) is 8.81. The number of hydrogen-bond donors (Lipinski definition) is 0. The van der Waals surface area contributed by atoms with E-state index in [0.717, 1.165) is 17.2 Å². The van der Waals surface area contributed by atoms with Gasteiger partial charge in [0.15, 0.2) is 0 Å². The van der Waals surface area contributed by atoms with Crippen LogP contribution in [0.25, 0.3) is 0 Å². The highest BCUT2D eigenvalue weighted by Crippen LogP contribution is 2.25. The number of halogens is 1. The van der Waals surface area contributed by atoms with Gasteiger partial charge in [-0.1, -0.05) is 6.07 Å². The quantitative estimate of drug-likeness (QED) is 0.791. The van der Waals surface area contributed by atoms with Crippen molar-refractivity contribution in [3.8, 4) is 17.2 Å². The van der Waals surface area contributed by atoms with Gasteiger partial charge in [-0.3, -0.25) is 0 Å². The third-order valence-electron chi connectivity index (χ3n) is 2.09. The molecule has 0 N–H and O–H groups in total. The van der Waals surface area contributed by atoms with Crippen LogP contribution >= 0.6 is 22.6 Å². The van der Waals surface area contributed by atoms with Gasteiger partial charge in [-0.05, 0) is 59.0 Å². The molecule has 2 aromatic carbocycles. The standard InChI is InChI=1S/C13H11IO2/c1-15-12-3-2-4-13(9-12)16-11-7-5-10(14)6-8-11/h2-9H,1H3. The van der Waals surface area contributed by atoms with Gasteiger partial charge in [-0.15, -0.1) is 0 Å². The molecule has 3 heteroatoms. The van der Waals surface area contributed by atoms with Crippen LogP contribution in [-0.4, -0.2) is 7.11 Å². The molecule has 0 radical (unpaired) electrons. The van der Waals surface area contributed by atoms with E-state index in [9.17, 15) is 0 Å². The Labute approximate surface area is 108 Å². The second kappa shape index (κ2) is 5.21. The van der Waals surface area contributed by atoms with Gasteiger partial charge in [0.1, 0.15) is 17.2 Å². The van der Waals surface area contributed by atoms with Crippen molar-refractivity contribution in [2.75, 3.05) is 7.11 Å². The van der Waals surface area contributed by atoms with Crippen molar-refractivity contribution in [2.45, 2.75) is 0 Å². The second-order valence-electron chi connectivity index (χ2n) is 3.23. The molecule has 0 heterocycles. The van der Waals surface area contributed by atoms with Crippen LogP contribution in [0.4, 0.5) is 0 Å². The summed E-state index contributed by atoms with van der Waals surface area (Å²) in [5, 5.41) is 0.